The molecule has 0 saturated carbocycles. The molecule has 0 saturated heterocycles. The van der Waals surface area contributed by atoms with Crippen molar-refractivity contribution in [1.29, 1.82) is 0 Å². The van der Waals surface area contributed by atoms with Crippen LogP contribution in [-0.2, 0) is 9.59 Å². The van der Waals surface area contributed by atoms with Crippen LogP contribution in [0.1, 0.15) is 13.8 Å². The van der Waals surface area contributed by atoms with E-state index in [2.05, 4.69) is 0 Å². The van der Waals surface area contributed by atoms with E-state index >= 15 is 0 Å². The van der Waals surface area contributed by atoms with E-state index in [1.807, 2.05) is 10.9 Å². The zero-order valence-corrected chi connectivity index (χ0v) is 6.87. The van der Waals surface area contributed by atoms with Gasteiger partial charge in [-0.3, -0.25) is 20.4 Å². The Kier molecular flexibility index (Phi) is 4.24. The molecule has 6 heteroatoms. The van der Waals surface area contributed by atoms with Crippen molar-refractivity contribution in [3.8, 4) is 0 Å². The third kappa shape index (κ3) is 3.89. The number of hydrogen-bond acceptors (Lipinski definition) is 4. The molecule has 0 spiro atoms. The maximum absolute atomic E-state index is 10.6. The average Bonchev–Trinajstić information content (AvgIpc) is 1.98. The lowest BCUT2D eigenvalue weighted by molar-refractivity contribution is -0.136. The minimum absolute atomic E-state index is 0.732. The summed E-state index contributed by atoms with van der Waals surface area (Å²) in [6, 6.07) is 0. The minimum atomic E-state index is -1.20. The molecule has 0 heterocycles. The highest BCUT2D eigenvalue weighted by Crippen LogP contribution is 1.79. The average molecular weight is 176 g/mol. The van der Waals surface area contributed by atoms with E-state index in [1.165, 1.54) is 13.8 Å². The van der Waals surface area contributed by atoms with E-state index in [0.717, 1.165) is 0 Å². The molecule has 0 bridgehead atoms. The fourth-order valence-electron chi connectivity index (χ4n) is 0.332. The number of amides is 2. The van der Waals surface area contributed by atoms with Gasteiger partial charge in [-0.15, -0.1) is 0 Å². The molecule has 12 heavy (non-hydrogen) atoms. The van der Waals surface area contributed by atoms with Crippen molar-refractivity contribution in [2.24, 2.45) is 0 Å². The van der Waals surface area contributed by atoms with Gasteiger partial charge in [-0.25, -0.2) is 0 Å². The zero-order chi connectivity index (χ0) is 9.72. The van der Waals surface area contributed by atoms with Gasteiger partial charge in [-0.05, 0) is 13.8 Å². The van der Waals surface area contributed by atoms with Crippen LogP contribution in [0.25, 0.3) is 0 Å². The fraction of sp³-hybridized carbons (Fsp3) is 0.667. The predicted molar refractivity (Wildman–Crippen MR) is 39.6 cm³/mol. The second-order valence-corrected chi connectivity index (χ2v) is 2.33. The Balaban J connectivity index is 3.69. The summed E-state index contributed by atoms with van der Waals surface area (Å²) < 4.78 is 0. The standard InChI is InChI=1S/C6H12N2O4/c1-3(9)5(11)7-8-6(12)4(2)10/h3-4,9-10H,1-2H3,(H,7,11)(H,8,12). The van der Waals surface area contributed by atoms with Gasteiger partial charge in [-0.2, -0.15) is 0 Å². The monoisotopic (exact) mass is 176 g/mol. The molecule has 70 valence electrons. The van der Waals surface area contributed by atoms with Crippen LogP contribution < -0.4 is 10.9 Å². The molecule has 2 unspecified atom stereocenters. The van der Waals surface area contributed by atoms with Crippen molar-refractivity contribution in [3.63, 3.8) is 0 Å². The summed E-state index contributed by atoms with van der Waals surface area (Å²) in [6.07, 6.45) is -2.39. The topological polar surface area (TPSA) is 98.7 Å². The van der Waals surface area contributed by atoms with Crippen molar-refractivity contribution in [2.75, 3.05) is 0 Å². The number of hydrazine groups is 1. The van der Waals surface area contributed by atoms with Gasteiger partial charge in [0.15, 0.2) is 0 Å². The van der Waals surface area contributed by atoms with E-state index in [9.17, 15) is 9.59 Å². The smallest absolute Gasteiger partial charge is 0.266 e. The molecule has 0 rings (SSSR count). The third-order valence-electron chi connectivity index (χ3n) is 1.07. The van der Waals surface area contributed by atoms with Gasteiger partial charge < -0.3 is 10.2 Å². The van der Waals surface area contributed by atoms with Crippen LogP contribution in [0, 0.1) is 0 Å². The zero-order valence-electron chi connectivity index (χ0n) is 6.87. The summed E-state index contributed by atoms with van der Waals surface area (Å²) in [5, 5.41) is 17.3. The Morgan fingerprint density at radius 3 is 1.42 bits per heavy atom. The number of carbonyl (C=O) groups excluding carboxylic acids is 2. The molecule has 2 amide bonds. The quantitative estimate of drug-likeness (QED) is 0.362. The van der Waals surface area contributed by atoms with Crippen LogP contribution >= 0.6 is 0 Å². The van der Waals surface area contributed by atoms with Crippen LogP contribution in [0.4, 0.5) is 0 Å². The Bertz CT molecular complexity index is 158. The van der Waals surface area contributed by atoms with E-state index in [-0.39, 0.29) is 0 Å². The number of aliphatic hydroxyl groups is 2. The molecule has 2 atom stereocenters. The third-order valence-corrected chi connectivity index (χ3v) is 1.07. The first-order valence-electron chi connectivity index (χ1n) is 3.41. The summed E-state index contributed by atoms with van der Waals surface area (Å²) in [6.45, 7) is 2.51. The largest absolute Gasteiger partial charge is 0.383 e. The fourth-order valence-corrected chi connectivity index (χ4v) is 0.332. The van der Waals surface area contributed by atoms with Crippen molar-refractivity contribution in [3.05, 3.63) is 0 Å². The van der Waals surface area contributed by atoms with Crippen LogP contribution in [0.5, 0.6) is 0 Å². The van der Waals surface area contributed by atoms with Crippen LogP contribution in [0.2, 0.25) is 0 Å². The van der Waals surface area contributed by atoms with E-state index in [1.54, 1.807) is 0 Å². The van der Waals surface area contributed by atoms with Gasteiger partial charge in [0.1, 0.15) is 12.2 Å². The first-order valence-corrected chi connectivity index (χ1v) is 3.41. The number of nitrogens with one attached hydrogen (secondary N) is 2. The SMILES string of the molecule is CC(O)C(=O)NNC(=O)C(C)O. The molecule has 0 aromatic heterocycles. The maximum atomic E-state index is 10.6. The molecule has 0 aliphatic rings. The van der Waals surface area contributed by atoms with Gasteiger partial charge in [0.2, 0.25) is 0 Å². The molecule has 0 radical (unpaired) electrons. The Morgan fingerprint density at radius 1 is 1.00 bits per heavy atom. The normalized spacial score (nSPS) is 14.7. The van der Waals surface area contributed by atoms with Crippen LogP contribution in [0.15, 0.2) is 0 Å². The lowest BCUT2D eigenvalue weighted by Gasteiger charge is -2.09. The number of aliphatic hydroxyl groups excluding tert-OH is 2. The summed E-state index contributed by atoms with van der Waals surface area (Å²) in [7, 11) is 0. The molecule has 0 aliphatic carbocycles. The molecule has 6 nitrogen and oxygen atoms in total. The lowest BCUT2D eigenvalue weighted by Crippen LogP contribution is -2.48. The van der Waals surface area contributed by atoms with Crippen molar-refractivity contribution >= 4 is 11.8 Å². The van der Waals surface area contributed by atoms with Gasteiger partial charge >= 0.3 is 0 Å². The highest BCUT2D eigenvalue weighted by molar-refractivity contribution is 5.85. The van der Waals surface area contributed by atoms with Gasteiger partial charge in [0.25, 0.3) is 11.8 Å². The lowest BCUT2D eigenvalue weighted by atomic mass is 10.4. The van der Waals surface area contributed by atoms with Crippen LogP contribution in [-0.4, -0.2) is 34.2 Å². The minimum Gasteiger partial charge on any atom is -0.383 e. The molecule has 0 aromatic rings. The van der Waals surface area contributed by atoms with Gasteiger partial charge in [-0.1, -0.05) is 0 Å². The molecular formula is C6H12N2O4. The van der Waals surface area contributed by atoms with Crippen LogP contribution in [0.3, 0.4) is 0 Å². The Hall–Kier alpha value is -1.14. The second-order valence-electron chi connectivity index (χ2n) is 2.33. The van der Waals surface area contributed by atoms with Crippen molar-refractivity contribution in [1.82, 2.24) is 10.9 Å². The second kappa shape index (κ2) is 4.68. The molecular weight excluding hydrogens is 164 g/mol. The molecule has 4 N–H and O–H groups in total. The number of carbonyl (C=O) groups is 2. The number of rotatable bonds is 2. The van der Waals surface area contributed by atoms with E-state index in [0.29, 0.717) is 0 Å². The predicted octanol–water partition coefficient (Wildman–Crippen LogP) is -2.10. The van der Waals surface area contributed by atoms with Gasteiger partial charge in [0, 0.05) is 0 Å². The van der Waals surface area contributed by atoms with E-state index in [4.69, 9.17) is 10.2 Å². The molecule has 0 aliphatic heterocycles. The summed E-state index contributed by atoms with van der Waals surface area (Å²) >= 11 is 0. The highest BCUT2D eigenvalue weighted by Gasteiger charge is 2.11. The van der Waals surface area contributed by atoms with Gasteiger partial charge in [0.05, 0.1) is 0 Å². The Morgan fingerprint density at radius 2 is 1.25 bits per heavy atom. The highest BCUT2D eigenvalue weighted by atomic mass is 16.3. The number of hydrogen-bond donors (Lipinski definition) is 4. The first-order chi connectivity index (χ1) is 5.45. The van der Waals surface area contributed by atoms with E-state index < -0.39 is 24.0 Å². The van der Waals surface area contributed by atoms with Crippen molar-refractivity contribution < 1.29 is 19.8 Å². The first kappa shape index (κ1) is 10.9. The molecule has 0 aromatic carbocycles. The summed E-state index contributed by atoms with van der Waals surface area (Å²) in [5.41, 5.74) is 3.83. The Labute approximate surface area is 69.5 Å². The van der Waals surface area contributed by atoms with Crippen molar-refractivity contribution in [2.45, 2.75) is 26.1 Å². The summed E-state index contributed by atoms with van der Waals surface area (Å²) in [5.74, 6) is -1.46. The summed E-state index contributed by atoms with van der Waals surface area (Å²) in [4.78, 5) is 21.2. The molecule has 0 fully saturated rings. The maximum Gasteiger partial charge on any atom is 0.266 e.